The lowest BCUT2D eigenvalue weighted by Gasteiger charge is -2.40. The molecule has 0 saturated heterocycles. The van der Waals surface area contributed by atoms with Gasteiger partial charge >= 0.3 is 10.2 Å². The first-order chi connectivity index (χ1) is 11.3. The summed E-state index contributed by atoms with van der Waals surface area (Å²) in [7, 11) is -8.04. The van der Waals surface area contributed by atoms with Crippen LogP contribution in [0, 0.1) is 0 Å². The highest BCUT2D eigenvalue weighted by Gasteiger charge is 2.65. The Morgan fingerprint density at radius 2 is 1.40 bits per heavy atom. The van der Waals surface area contributed by atoms with Crippen LogP contribution in [-0.4, -0.2) is 17.9 Å². The first-order valence-electron chi connectivity index (χ1n) is 7.11. The molecule has 1 amide bonds. The number of carbonyl (C=O) groups is 1. The fourth-order valence-electron chi connectivity index (χ4n) is 2.21. The molecule has 2 rings (SSSR count). The number of hydrogen-bond acceptors (Lipinski definition) is 1. The predicted octanol–water partition coefficient (Wildman–Crippen LogP) is 6.16. The van der Waals surface area contributed by atoms with Crippen molar-refractivity contribution >= 4 is 16.1 Å². The predicted molar refractivity (Wildman–Crippen MR) is 89.9 cm³/mol. The molecule has 0 saturated carbocycles. The molecule has 2 aromatic carbocycles. The Labute approximate surface area is 142 Å². The second-order valence-electron chi connectivity index (χ2n) is 5.59. The topological polar surface area (TPSA) is 20.3 Å². The lowest BCUT2D eigenvalue weighted by Crippen LogP contribution is -2.23. The Bertz CT molecular complexity index is 798. The number of rotatable bonds is 5. The number of nitrogens with zero attached hydrogens (tertiary/aromatic N) is 1. The number of carbonyl (C=O) groups excluding carboxylic acids is 1. The highest BCUT2D eigenvalue weighted by Crippen LogP contribution is 3.02. The minimum atomic E-state index is -9.65. The molecule has 0 heterocycles. The van der Waals surface area contributed by atoms with E-state index in [1.807, 2.05) is 0 Å². The molecule has 0 N–H and O–H groups in total. The van der Waals surface area contributed by atoms with Crippen LogP contribution < -0.4 is 0 Å². The van der Waals surface area contributed by atoms with Gasteiger partial charge < -0.3 is 4.90 Å². The van der Waals surface area contributed by atoms with Crippen molar-refractivity contribution in [2.24, 2.45) is 0 Å². The van der Waals surface area contributed by atoms with E-state index < -0.39 is 15.1 Å². The van der Waals surface area contributed by atoms with Crippen LogP contribution in [0.1, 0.15) is 5.56 Å². The van der Waals surface area contributed by atoms with E-state index in [9.17, 15) is 24.2 Å². The second kappa shape index (κ2) is 5.59. The summed E-state index contributed by atoms with van der Waals surface area (Å²) in [4.78, 5) is 11.0. The summed E-state index contributed by atoms with van der Waals surface area (Å²) < 4.78 is 63.6. The molecule has 8 heteroatoms. The maximum absolute atomic E-state index is 12.7. The van der Waals surface area contributed by atoms with Crippen molar-refractivity contribution in [2.75, 3.05) is 7.05 Å². The van der Waals surface area contributed by atoms with Crippen molar-refractivity contribution in [2.45, 2.75) is 11.4 Å². The molecule has 0 aliphatic heterocycles. The minimum absolute atomic E-state index is 0.240. The molecule has 0 bridgehead atoms. The summed E-state index contributed by atoms with van der Waals surface area (Å²) in [6, 6.07) is 9.52. The van der Waals surface area contributed by atoms with Crippen molar-refractivity contribution in [3.05, 3.63) is 66.7 Å². The van der Waals surface area contributed by atoms with Gasteiger partial charge in [0.1, 0.15) is 4.90 Å². The van der Waals surface area contributed by atoms with E-state index in [0.717, 1.165) is 17.7 Å². The monoisotopic (exact) mass is 377 g/mol. The van der Waals surface area contributed by atoms with Gasteiger partial charge in [0.2, 0.25) is 5.91 Å². The van der Waals surface area contributed by atoms with E-state index in [0.29, 0.717) is 29.8 Å². The van der Waals surface area contributed by atoms with E-state index in [2.05, 4.69) is 6.58 Å². The smallest absolute Gasteiger partial charge is 0.310 e. The largest absolute Gasteiger partial charge is 0.338 e. The molecule has 136 valence electrons. The van der Waals surface area contributed by atoms with Gasteiger partial charge in [-0.3, -0.25) is 4.79 Å². The van der Waals surface area contributed by atoms with Gasteiger partial charge in [0.15, 0.2) is 0 Å². The Morgan fingerprint density at radius 1 is 0.960 bits per heavy atom. The normalized spacial score (nSPS) is 14.3. The van der Waals surface area contributed by atoms with E-state index in [4.69, 9.17) is 0 Å². The Balaban J connectivity index is 2.21. The summed E-state index contributed by atoms with van der Waals surface area (Å²) in [5.74, 6) is -0.240. The van der Waals surface area contributed by atoms with Crippen LogP contribution in [0.5, 0.6) is 0 Å². The van der Waals surface area contributed by atoms with Crippen molar-refractivity contribution < 1.29 is 24.2 Å². The molecule has 25 heavy (non-hydrogen) atoms. The molecule has 0 aromatic heterocycles. The van der Waals surface area contributed by atoms with E-state index in [1.165, 1.54) is 11.0 Å². The Hall–Kier alpha value is -2.35. The summed E-state index contributed by atoms with van der Waals surface area (Å²) in [5.41, 5.74) is 1.77. The lowest BCUT2D eigenvalue weighted by molar-refractivity contribution is -0.125. The zero-order valence-corrected chi connectivity index (χ0v) is 14.1. The van der Waals surface area contributed by atoms with Gasteiger partial charge in [-0.1, -0.05) is 62.4 Å². The number of amides is 1. The summed E-state index contributed by atoms with van der Waals surface area (Å²) in [6.07, 6.45) is 1.19. The molecule has 0 aliphatic rings. The fourth-order valence-corrected chi connectivity index (χ4v) is 2.87. The van der Waals surface area contributed by atoms with Crippen molar-refractivity contribution in [3.63, 3.8) is 0 Å². The van der Waals surface area contributed by atoms with Crippen LogP contribution in [0.25, 0.3) is 11.1 Å². The van der Waals surface area contributed by atoms with Crippen LogP contribution >= 0.6 is 10.2 Å². The maximum Gasteiger partial charge on any atom is 0.310 e. The van der Waals surface area contributed by atoms with Crippen LogP contribution in [-0.2, 0) is 11.3 Å². The molecule has 0 atom stereocenters. The standard InChI is InChI=1S/C17H16F5NOS/c1-3-17(24)23(2)12-13-4-6-14(7-5-13)15-8-10-16(11-9-15)25(18,19,20,21)22/h3-11H,1,12H2,2H3. The number of hydrogen-bond donors (Lipinski definition) is 0. The molecule has 0 unspecified atom stereocenters. The first-order valence-corrected chi connectivity index (χ1v) is 9.06. The third kappa shape index (κ3) is 4.82. The van der Waals surface area contributed by atoms with Crippen LogP contribution in [0.15, 0.2) is 66.1 Å². The number of likely N-dealkylation sites (N-methyl/N-ethyl adjacent to an activating group) is 1. The first kappa shape index (κ1) is 19.0. The van der Waals surface area contributed by atoms with Gasteiger partial charge in [-0.2, -0.15) is 0 Å². The highest BCUT2D eigenvalue weighted by molar-refractivity contribution is 8.45. The van der Waals surface area contributed by atoms with Gasteiger partial charge in [0, 0.05) is 13.6 Å². The van der Waals surface area contributed by atoms with Gasteiger partial charge in [-0.25, -0.2) is 0 Å². The number of benzene rings is 2. The average molecular weight is 377 g/mol. The summed E-state index contributed by atoms with van der Waals surface area (Å²) in [6.45, 7) is 3.73. The van der Waals surface area contributed by atoms with Crippen LogP contribution in [0.4, 0.5) is 19.4 Å². The molecule has 2 nitrogen and oxygen atoms in total. The minimum Gasteiger partial charge on any atom is -0.338 e. The second-order valence-corrected chi connectivity index (χ2v) is 8.00. The van der Waals surface area contributed by atoms with Crippen molar-refractivity contribution in [1.29, 1.82) is 0 Å². The third-order valence-corrected chi connectivity index (χ3v) is 4.72. The molecule has 0 aliphatic carbocycles. The van der Waals surface area contributed by atoms with Gasteiger partial charge in [-0.05, 0) is 34.9 Å². The SMILES string of the molecule is C=CC(=O)N(C)Cc1ccc(-c2ccc(S(F)(F)(F)(F)F)cc2)cc1. The van der Waals surface area contributed by atoms with Crippen molar-refractivity contribution in [3.8, 4) is 11.1 Å². The summed E-state index contributed by atoms with van der Waals surface area (Å²) in [5, 5.41) is 0. The van der Waals surface area contributed by atoms with Gasteiger partial charge in [0.05, 0.1) is 0 Å². The number of halogens is 5. The van der Waals surface area contributed by atoms with E-state index >= 15 is 0 Å². The zero-order chi connectivity index (χ0) is 18.9. The molecule has 0 fully saturated rings. The van der Waals surface area contributed by atoms with Crippen LogP contribution in [0.3, 0.4) is 0 Å². The van der Waals surface area contributed by atoms with Gasteiger partial charge in [0.25, 0.3) is 0 Å². The van der Waals surface area contributed by atoms with Crippen LogP contribution in [0.2, 0.25) is 0 Å². The molecule has 2 aromatic rings. The van der Waals surface area contributed by atoms with E-state index in [1.54, 1.807) is 31.3 Å². The molecular formula is C17H16F5NOS. The molecule has 0 radical (unpaired) electrons. The molecular weight excluding hydrogens is 361 g/mol. The molecule has 0 spiro atoms. The van der Waals surface area contributed by atoms with Gasteiger partial charge in [-0.15, -0.1) is 0 Å². The van der Waals surface area contributed by atoms with E-state index in [-0.39, 0.29) is 5.91 Å². The Morgan fingerprint density at radius 3 is 1.80 bits per heavy atom. The highest BCUT2D eigenvalue weighted by atomic mass is 32.5. The lowest BCUT2D eigenvalue weighted by atomic mass is 10.0. The quantitative estimate of drug-likeness (QED) is 0.452. The van der Waals surface area contributed by atoms with Crippen molar-refractivity contribution in [1.82, 2.24) is 4.90 Å². The zero-order valence-electron chi connectivity index (χ0n) is 13.3. The summed E-state index contributed by atoms with van der Waals surface area (Å²) >= 11 is 0. The maximum atomic E-state index is 12.7. The average Bonchev–Trinajstić information content (AvgIpc) is 2.53. The Kier molecular flexibility index (Phi) is 4.24. The fraction of sp³-hybridized carbons (Fsp3) is 0.118. The third-order valence-electron chi connectivity index (χ3n) is 3.56.